The van der Waals surface area contributed by atoms with Crippen LogP contribution in [0.25, 0.3) is 0 Å². The van der Waals surface area contributed by atoms with Gasteiger partial charge in [0, 0.05) is 25.4 Å². The lowest BCUT2D eigenvalue weighted by Crippen LogP contribution is -2.27. The lowest BCUT2D eigenvalue weighted by atomic mass is 10.1. The van der Waals surface area contributed by atoms with E-state index in [-0.39, 0.29) is 0 Å². The Kier molecular flexibility index (Phi) is 7.59. The summed E-state index contributed by atoms with van der Waals surface area (Å²) in [6.07, 6.45) is 3.21. The molecular weight excluding hydrogens is 408 g/mol. The van der Waals surface area contributed by atoms with E-state index in [1.807, 2.05) is 30.3 Å². The van der Waals surface area contributed by atoms with E-state index >= 15 is 0 Å². The Balaban J connectivity index is 1.63. The Morgan fingerprint density at radius 2 is 2.00 bits per heavy atom. The van der Waals surface area contributed by atoms with Crippen LogP contribution in [0.15, 0.2) is 35.5 Å². The molecule has 0 unspecified atom stereocenters. The minimum Gasteiger partial charge on any atom is -0.486 e. The summed E-state index contributed by atoms with van der Waals surface area (Å²) >= 11 is 1.66. The molecule has 2 aromatic rings. The monoisotopic (exact) mass is 438 g/mol. The predicted octanol–water partition coefficient (Wildman–Crippen LogP) is 3.28. The van der Waals surface area contributed by atoms with Gasteiger partial charge in [0.25, 0.3) is 0 Å². The average molecular weight is 439 g/mol. The van der Waals surface area contributed by atoms with Crippen LogP contribution in [-0.2, 0) is 23.2 Å². The zero-order chi connectivity index (χ0) is 20.9. The van der Waals surface area contributed by atoms with Gasteiger partial charge in [-0.1, -0.05) is 43.8 Å². The second-order valence-corrected chi connectivity index (χ2v) is 10.9. The largest absolute Gasteiger partial charge is 0.486 e. The molecule has 7 nitrogen and oxygen atoms in total. The van der Waals surface area contributed by atoms with Crippen molar-refractivity contribution in [2.24, 2.45) is 11.8 Å². The minimum absolute atomic E-state index is 0.342. The predicted molar refractivity (Wildman–Crippen MR) is 115 cm³/mol. The molecule has 1 atom stereocenters. The first-order valence-corrected chi connectivity index (χ1v) is 12.8. The molecule has 1 aliphatic rings. The number of hydrogen-bond acceptors (Lipinski definition) is 6. The van der Waals surface area contributed by atoms with Crippen molar-refractivity contribution in [3.8, 4) is 5.75 Å². The first-order chi connectivity index (χ1) is 13.8. The Hall–Kier alpha value is -1.58. The molecule has 1 aromatic heterocycles. The van der Waals surface area contributed by atoms with E-state index in [2.05, 4.69) is 28.6 Å². The molecule has 0 amide bonds. The molecule has 0 N–H and O–H groups in total. The molecule has 0 bridgehead atoms. The summed E-state index contributed by atoms with van der Waals surface area (Å²) in [5.74, 6) is 3.39. The fourth-order valence-corrected chi connectivity index (χ4v) is 5.26. The highest BCUT2D eigenvalue weighted by Crippen LogP contribution is 2.27. The molecule has 0 saturated carbocycles. The van der Waals surface area contributed by atoms with Gasteiger partial charge in [-0.2, -0.15) is 0 Å². The summed E-state index contributed by atoms with van der Waals surface area (Å²) in [5, 5.41) is 9.65. The summed E-state index contributed by atoms with van der Waals surface area (Å²) < 4.78 is 33.1. The van der Waals surface area contributed by atoms with Crippen LogP contribution in [0.2, 0.25) is 0 Å². The average Bonchev–Trinajstić information content (AvgIpc) is 3.30. The number of aromatic nitrogens is 3. The molecule has 3 rings (SSSR count). The second kappa shape index (κ2) is 9.95. The van der Waals surface area contributed by atoms with Crippen LogP contribution < -0.4 is 4.74 Å². The van der Waals surface area contributed by atoms with E-state index in [0.29, 0.717) is 31.5 Å². The highest BCUT2D eigenvalue weighted by Gasteiger charge is 2.29. The Labute approximate surface area is 177 Å². The molecule has 9 heteroatoms. The topological polar surface area (TPSA) is 77.3 Å². The summed E-state index contributed by atoms with van der Waals surface area (Å²) in [5.41, 5.74) is 0. The highest BCUT2D eigenvalue weighted by molar-refractivity contribution is 7.99. The Morgan fingerprint density at radius 3 is 2.66 bits per heavy atom. The van der Waals surface area contributed by atoms with Gasteiger partial charge in [-0.3, -0.25) is 0 Å². The maximum Gasteiger partial charge on any atom is 0.211 e. The van der Waals surface area contributed by atoms with E-state index in [4.69, 9.17) is 4.74 Å². The van der Waals surface area contributed by atoms with Crippen LogP contribution in [0.4, 0.5) is 0 Å². The Morgan fingerprint density at radius 1 is 1.24 bits per heavy atom. The molecule has 29 heavy (non-hydrogen) atoms. The number of nitrogens with zero attached hydrogens (tertiary/aromatic N) is 4. The smallest absolute Gasteiger partial charge is 0.211 e. The molecular formula is C20H30N4O3S2. The van der Waals surface area contributed by atoms with Crippen LogP contribution in [0.5, 0.6) is 5.75 Å². The fraction of sp³-hybridized carbons (Fsp3) is 0.600. The van der Waals surface area contributed by atoms with E-state index in [9.17, 15) is 8.42 Å². The molecule has 0 radical (unpaired) electrons. The van der Waals surface area contributed by atoms with Crippen molar-refractivity contribution in [2.75, 3.05) is 25.1 Å². The van der Waals surface area contributed by atoms with Crippen LogP contribution >= 0.6 is 11.8 Å². The molecule has 1 aromatic carbocycles. The number of para-hydroxylation sites is 1. The van der Waals surface area contributed by atoms with Crippen molar-refractivity contribution in [3.63, 3.8) is 0 Å². The van der Waals surface area contributed by atoms with Gasteiger partial charge < -0.3 is 9.30 Å². The third kappa shape index (κ3) is 6.45. The molecule has 0 aliphatic carbocycles. The lowest BCUT2D eigenvalue weighted by Gasteiger charge is -2.14. The summed E-state index contributed by atoms with van der Waals surface area (Å²) in [4.78, 5) is 0. The third-order valence-electron chi connectivity index (χ3n) is 5.00. The van der Waals surface area contributed by atoms with Crippen LogP contribution in [-0.4, -0.2) is 52.6 Å². The van der Waals surface area contributed by atoms with Crippen molar-refractivity contribution in [1.29, 1.82) is 0 Å². The summed E-state index contributed by atoms with van der Waals surface area (Å²) in [6, 6.07) is 9.71. The van der Waals surface area contributed by atoms with Crippen molar-refractivity contribution >= 4 is 21.8 Å². The first kappa shape index (κ1) is 22.1. The third-order valence-corrected chi connectivity index (χ3v) is 7.47. The van der Waals surface area contributed by atoms with E-state index in [0.717, 1.165) is 41.9 Å². The van der Waals surface area contributed by atoms with E-state index < -0.39 is 10.0 Å². The van der Waals surface area contributed by atoms with Gasteiger partial charge in [-0.25, -0.2) is 12.7 Å². The van der Waals surface area contributed by atoms with Crippen LogP contribution in [0.1, 0.15) is 32.5 Å². The number of ether oxygens (including phenoxy) is 1. The van der Waals surface area contributed by atoms with Crippen LogP contribution in [0, 0.1) is 11.8 Å². The van der Waals surface area contributed by atoms with Gasteiger partial charge in [-0.05, 0) is 36.8 Å². The Bertz CT molecular complexity index is 884. The van der Waals surface area contributed by atoms with Gasteiger partial charge in [0.05, 0.1) is 6.26 Å². The zero-order valence-electron chi connectivity index (χ0n) is 17.3. The standard InChI is InChI=1S/C20H30N4O3S2/c1-16(2)9-12-24-19(14-27-18-7-5-4-6-8-18)21-22-20(24)28-15-17-10-11-23(13-17)29(3,25)26/h4-8,16-17H,9-15H2,1-3H3/t17-/m0/s1. The minimum atomic E-state index is -3.10. The van der Waals surface area contributed by atoms with Gasteiger partial charge in [0.2, 0.25) is 10.0 Å². The molecule has 1 fully saturated rings. The van der Waals surface area contributed by atoms with E-state index in [1.165, 1.54) is 6.26 Å². The zero-order valence-corrected chi connectivity index (χ0v) is 19.0. The van der Waals surface area contributed by atoms with E-state index in [1.54, 1.807) is 16.1 Å². The van der Waals surface area contributed by atoms with Crippen molar-refractivity contribution in [3.05, 3.63) is 36.2 Å². The quantitative estimate of drug-likeness (QED) is 0.530. The second-order valence-electron chi connectivity index (χ2n) is 7.92. The SMILES string of the molecule is CC(C)CCn1c(COc2ccccc2)nnc1SC[C@H]1CCN(S(C)(=O)=O)C1. The number of thioether (sulfide) groups is 1. The molecule has 0 spiro atoms. The molecule has 2 heterocycles. The molecule has 160 valence electrons. The summed E-state index contributed by atoms with van der Waals surface area (Å²) in [6.45, 7) is 6.84. The number of benzene rings is 1. The number of rotatable bonds is 10. The maximum absolute atomic E-state index is 11.7. The van der Waals surface area contributed by atoms with Gasteiger partial charge in [-0.15, -0.1) is 10.2 Å². The first-order valence-electron chi connectivity index (χ1n) is 10.0. The maximum atomic E-state index is 11.7. The van der Waals surface area contributed by atoms with Gasteiger partial charge in [0.15, 0.2) is 11.0 Å². The van der Waals surface area contributed by atoms with Crippen molar-refractivity contribution in [1.82, 2.24) is 19.1 Å². The highest BCUT2D eigenvalue weighted by atomic mass is 32.2. The molecule has 1 aliphatic heterocycles. The lowest BCUT2D eigenvalue weighted by molar-refractivity contribution is 0.285. The van der Waals surface area contributed by atoms with Crippen molar-refractivity contribution < 1.29 is 13.2 Å². The number of hydrogen-bond donors (Lipinski definition) is 0. The normalized spacial score (nSPS) is 17.9. The number of sulfonamides is 1. The molecule has 1 saturated heterocycles. The summed E-state index contributed by atoms with van der Waals surface area (Å²) in [7, 11) is -3.10. The van der Waals surface area contributed by atoms with Crippen molar-refractivity contribution in [2.45, 2.75) is 45.0 Å². The fourth-order valence-electron chi connectivity index (χ4n) is 3.24. The van der Waals surface area contributed by atoms with Crippen LogP contribution in [0.3, 0.4) is 0 Å². The van der Waals surface area contributed by atoms with Gasteiger partial charge in [0.1, 0.15) is 12.4 Å². The van der Waals surface area contributed by atoms with Gasteiger partial charge >= 0.3 is 0 Å².